The van der Waals surface area contributed by atoms with Gasteiger partial charge in [-0.2, -0.15) is 0 Å². The summed E-state index contributed by atoms with van der Waals surface area (Å²) in [5.74, 6) is 0.625. The van der Waals surface area contributed by atoms with Crippen LogP contribution in [0.1, 0.15) is 23.8 Å². The first-order chi connectivity index (χ1) is 9.65. The number of non-ortho nitro benzene ring substituents is 1. The van der Waals surface area contributed by atoms with Gasteiger partial charge < -0.3 is 5.32 Å². The smallest absolute Gasteiger partial charge is 0.271 e. The fourth-order valence-corrected chi connectivity index (χ4v) is 3.32. The molecule has 3 rings (SSSR count). The van der Waals surface area contributed by atoms with E-state index in [2.05, 4.69) is 16.8 Å². The number of nitro benzene ring substituents is 1. The van der Waals surface area contributed by atoms with Crippen LogP contribution in [0.3, 0.4) is 0 Å². The van der Waals surface area contributed by atoms with Crippen molar-refractivity contribution in [3.05, 3.63) is 55.7 Å². The third-order valence-electron chi connectivity index (χ3n) is 3.42. The molecular weight excluding hydrogens is 296 g/mol. The Kier molecular flexibility index (Phi) is 3.63. The van der Waals surface area contributed by atoms with Gasteiger partial charge in [-0.05, 0) is 36.3 Å². The molecule has 20 heavy (non-hydrogen) atoms. The van der Waals surface area contributed by atoms with Gasteiger partial charge in [-0.3, -0.25) is 10.1 Å². The van der Waals surface area contributed by atoms with E-state index >= 15 is 0 Å². The molecule has 4 nitrogen and oxygen atoms in total. The molecule has 1 aromatic carbocycles. The summed E-state index contributed by atoms with van der Waals surface area (Å²) >= 11 is 7.86. The minimum atomic E-state index is -0.437. The van der Waals surface area contributed by atoms with Gasteiger partial charge in [0.25, 0.3) is 5.69 Å². The van der Waals surface area contributed by atoms with Gasteiger partial charge in [0.15, 0.2) is 0 Å². The number of nitrogens with zero attached hydrogens (tertiary/aromatic N) is 1. The molecule has 0 saturated heterocycles. The van der Waals surface area contributed by atoms with Gasteiger partial charge in [0.05, 0.1) is 21.7 Å². The van der Waals surface area contributed by atoms with Gasteiger partial charge in [-0.1, -0.05) is 17.7 Å². The van der Waals surface area contributed by atoms with E-state index in [0.717, 1.165) is 5.69 Å². The molecule has 1 aromatic heterocycles. The lowest BCUT2D eigenvalue weighted by Gasteiger charge is -2.19. The summed E-state index contributed by atoms with van der Waals surface area (Å²) in [4.78, 5) is 11.6. The van der Waals surface area contributed by atoms with Crippen LogP contribution in [0.25, 0.3) is 0 Å². The number of hydrogen-bond donors (Lipinski definition) is 1. The predicted molar refractivity (Wildman–Crippen MR) is 81.5 cm³/mol. The summed E-state index contributed by atoms with van der Waals surface area (Å²) in [6, 6.07) is 8.95. The summed E-state index contributed by atoms with van der Waals surface area (Å²) in [7, 11) is 0. The molecule has 2 aromatic rings. The Morgan fingerprint density at radius 3 is 2.75 bits per heavy atom. The zero-order valence-electron chi connectivity index (χ0n) is 10.6. The van der Waals surface area contributed by atoms with Crippen molar-refractivity contribution in [1.29, 1.82) is 0 Å². The normalized spacial score (nSPS) is 15.8. The number of benzene rings is 1. The average Bonchev–Trinajstić information content (AvgIpc) is 3.11. The molecule has 0 aliphatic heterocycles. The van der Waals surface area contributed by atoms with E-state index in [-0.39, 0.29) is 11.7 Å². The van der Waals surface area contributed by atoms with Gasteiger partial charge in [0.2, 0.25) is 0 Å². The van der Waals surface area contributed by atoms with Crippen molar-refractivity contribution in [3.8, 4) is 0 Å². The molecule has 6 heteroatoms. The maximum absolute atomic E-state index is 10.7. The largest absolute Gasteiger partial charge is 0.376 e. The SMILES string of the molecule is O=[N+]([O-])c1ccc(NC(c2cccs2)C2CC2)c(Cl)c1. The lowest BCUT2D eigenvalue weighted by molar-refractivity contribution is -0.384. The zero-order valence-corrected chi connectivity index (χ0v) is 12.2. The van der Waals surface area contributed by atoms with Gasteiger partial charge in [-0.15, -0.1) is 11.3 Å². The van der Waals surface area contributed by atoms with Crippen LogP contribution >= 0.6 is 22.9 Å². The van der Waals surface area contributed by atoms with E-state index in [1.165, 1.54) is 29.9 Å². The minimum Gasteiger partial charge on any atom is -0.376 e. The number of hydrogen-bond acceptors (Lipinski definition) is 4. The van der Waals surface area contributed by atoms with Crippen molar-refractivity contribution in [3.63, 3.8) is 0 Å². The van der Waals surface area contributed by atoms with Crippen LogP contribution in [-0.2, 0) is 0 Å². The number of anilines is 1. The van der Waals surface area contributed by atoms with E-state index in [9.17, 15) is 10.1 Å². The summed E-state index contributed by atoms with van der Waals surface area (Å²) in [6.07, 6.45) is 2.42. The molecule has 1 N–H and O–H groups in total. The molecule has 0 bridgehead atoms. The molecule has 1 saturated carbocycles. The molecule has 0 amide bonds. The second kappa shape index (κ2) is 5.42. The molecule has 1 atom stereocenters. The van der Waals surface area contributed by atoms with Crippen molar-refractivity contribution in [1.82, 2.24) is 0 Å². The maximum atomic E-state index is 10.7. The second-order valence-corrected chi connectivity index (χ2v) is 6.28. The number of nitro groups is 1. The van der Waals surface area contributed by atoms with Gasteiger partial charge in [-0.25, -0.2) is 0 Å². The van der Waals surface area contributed by atoms with Crippen molar-refractivity contribution in [2.45, 2.75) is 18.9 Å². The van der Waals surface area contributed by atoms with Crippen molar-refractivity contribution in [2.24, 2.45) is 5.92 Å². The van der Waals surface area contributed by atoms with Crippen LogP contribution in [0.4, 0.5) is 11.4 Å². The molecule has 104 valence electrons. The fourth-order valence-electron chi connectivity index (χ4n) is 2.22. The molecule has 1 unspecified atom stereocenters. The lowest BCUT2D eigenvalue weighted by atomic mass is 10.1. The maximum Gasteiger partial charge on any atom is 0.271 e. The standard InChI is InChI=1S/C14H13ClN2O2S/c15-11-8-10(17(18)19)5-6-12(11)16-14(9-3-4-9)13-2-1-7-20-13/h1-2,5-9,14,16H,3-4H2. The highest BCUT2D eigenvalue weighted by Crippen LogP contribution is 2.45. The lowest BCUT2D eigenvalue weighted by Crippen LogP contribution is -2.11. The van der Waals surface area contributed by atoms with Crippen LogP contribution in [0.15, 0.2) is 35.7 Å². The third-order valence-corrected chi connectivity index (χ3v) is 4.69. The molecule has 1 aliphatic carbocycles. The van der Waals surface area contributed by atoms with Crippen molar-refractivity contribution >= 4 is 34.3 Å². The predicted octanol–water partition coefficient (Wildman–Crippen LogP) is 4.87. The zero-order chi connectivity index (χ0) is 14.1. The Bertz CT molecular complexity index is 626. The average molecular weight is 309 g/mol. The first-order valence-electron chi connectivity index (χ1n) is 6.39. The van der Waals surface area contributed by atoms with E-state index in [0.29, 0.717) is 10.9 Å². The second-order valence-electron chi connectivity index (χ2n) is 4.90. The first kappa shape index (κ1) is 13.4. The Morgan fingerprint density at radius 1 is 1.40 bits per heavy atom. The quantitative estimate of drug-likeness (QED) is 0.633. The van der Waals surface area contributed by atoms with Crippen molar-refractivity contribution in [2.75, 3.05) is 5.32 Å². The van der Waals surface area contributed by atoms with Crippen LogP contribution < -0.4 is 5.32 Å². The molecule has 0 radical (unpaired) electrons. The minimum absolute atomic E-state index is 0.0136. The van der Waals surface area contributed by atoms with E-state index in [1.54, 1.807) is 17.4 Å². The Hall–Kier alpha value is -1.59. The summed E-state index contributed by atoms with van der Waals surface area (Å²) in [5, 5.41) is 16.6. The van der Waals surface area contributed by atoms with Gasteiger partial charge >= 0.3 is 0 Å². The molecule has 0 spiro atoms. The van der Waals surface area contributed by atoms with Crippen molar-refractivity contribution < 1.29 is 4.92 Å². The Balaban J connectivity index is 1.84. The summed E-state index contributed by atoms with van der Waals surface area (Å²) in [5.41, 5.74) is 0.766. The van der Waals surface area contributed by atoms with Gasteiger partial charge in [0, 0.05) is 17.0 Å². The van der Waals surface area contributed by atoms with Gasteiger partial charge in [0.1, 0.15) is 0 Å². The topological polar surface area (TPSA) is 55.2 Å². The molecular formula is C14H13ClN2O2S. The summed E-state index contributed by atoms with van der Waals surface area (Å²) < 4.78 is 0. The van der Waals surface area contributed by atoms with E-state index in [4.69, 9.17) is 11.6 Å². The first-order valence-corrected chi connectivity index (χ1v) is 7.65. The molecule has 1 aliphatic rings. The highest BCUT2D eigenvalue weighted by Gasteiger charge is 2.33. The van der Waals surface area contributed by atoms with E-state index < -0.39 is 4.92 Å². The summed E-state index contributed by atoms with van der Waals surface area (Å²) in [6.45, 7) is 0. The Labute approximate surface area is 125 Å². The molecule has 1 heterocycles. The number of nitrogens with one attached hydrogen (secondary N) is 1. The number of halogens is 1. The third kappa shape index (κ3) is 2.78. The number of rotatable bonds is 5. The number of thiophene rings is 1. The monoisotopic (exact) mass is 308 g/mol. The van der Waals surface area contributed by atoms with E-state index in [1.807, 2.05) is 6.07 Å². The van der Waals surface area contributed by atoms with Crippen LogP contribution in [0.5, 0.6) is 0 Å². The highest BCUT2D eigenvalue weighted by molar-refractivity contribution is 7.10. The molecule has 1 fully saturated rings. The fraction of sp³-hybridized carbons (Fsp3) is 0.286. The highest BCUT2D eigenvalue weighted by atomic mass is 35.5. The van der Waals surface area contributed by atoms with Crippen LogP contribution in [0, 0.1) is 16.0 Å². The Morgan fingerprint density at radius 2 is 2.20 bits per heavy atom. The van der Waals surface area contributed by atoms with Crippen LogP contribution in [-0.4, -0.2) is 4.92 Å². The van der Waals surface area contributed by atoms with Crippen LogP contribution in [0.2, 0.25) is 5.02 Å².